The second kappa shape index (κ2) is 5.41. The normalized spacial score (nSPS) is 15.3. The van der Waals surface area contributed by atoms with Gasteiger partial charge in [0.25, 0.3) is 0 Å². The fraction of sp³-hybridized carbons (Fsp3) is 0.235. The number of nitrogens with one attached hydrogen (secondary N) is 2. The minimum atomic E-state index is -0.238. The van der Waals surface area contributed by atoms with Crippen LogP contribution >= 0.6 is 11.6 Å². The molecule has 108 valence electrons. The van der Waals surface area contributed by atoms with Crippen LogP contribution < -0.4 is 10.6 Å². The van der Waals surface area contributed by atoms with Gasteiger partial charge in [0, 0.05) is 10.7 Å². The summed E-state index contributed by atoms with van der Waals surface area (Å²) in [5.41, 5.74) is 2.79. The van der Waals surface area contributed by atoms with Gasteiger partial charge in [-0.3, -0.25) is 0 Å². The molecule has 0 spiro atoms. The van der Waals surface area contributed by atoms with Crippen molar-refractivity contribution in [2.24, 2.45) is 0 Å². The van der Waals surface area contributed by atoms with Crippen LogP contribution in [0, 0.1) is 6.92 Å². The largest absolute Gasteiger partial charge is 0.328 e. The van der Waals surface area contributed by atoms with E-state index in [4.69, 9.17) is 11.6 Å². The first-order valence-corrected chi connectivity index (χ1v) is 7.37. The number of benzene rings is 2. The molecule has 1 saturated carbocycles. The smallest absolute Gasteiger partial charge is 0.319 e. The molecule has 0 aromatic heterocycles. The van der Waals surface area contributed by atoms with E-state index >= 15 is 0 Å². The second-order valence-electron chi connectivity index (χ2n) is 5.54. The Morgan fingerprint density at radius 2 is 1.86 bits per heavy atom. The van der Waals surface area contributed by atoms with Crippen LogP contribution in [0.2, 0.25) is 5.02 Å². The number of halogens is 1. The van der Waals surface area contributed by atoms with Gasteiger partial charge in [0.1, 0.15) is 0 Å². The quantitative estimate of drug-likeness (QED) is 0.863. The maximum Gasteiger partial charge on any atom is 0.319 e. The van der Waals surface area contributed by atoms with E-state index in [9.17, 15) is 4.79 Å². The standard InChI is InChI=1S/C17H17ClN2O/c1-12-3-2-4-15(11-12)19-16(21)20-17(9-10-17)13-5-7-14(18)8-6-13/h2-8,11H,9-10H2,1H3,(H2,19,20,21). The predicted molar refractivity (Wildman–Crippen MR) is 85.7 cm³/mol. The summed E-state index contributed by atoms with van der Waals surface area (Å²) in [6, 6.07) is 15.2. The molecule has 2 aromatic rings. The molecule has 0 bridgehead atoms. The first kappa shape index (κ1) is 14.0. The molecule has 3 nitrogen and oxygen atoms in total. The summed E-state index contributed by atoms with van der Waals surface area (Å²) in [6.45, 7) is 2.00. The molecule has 0 unspecified atom stereocenters. The Hall–Kier alpha value is -2.00. The summed E-state index contributed by atoms with van der Waals surface area (Å²) in [5.74, 6) is 0. The highest BCUT2D eigenvalue weighted by atomic mass is 35.5. The van der Waals surface area contributed by atoms with Gasteiger partial charge in [-0.15, -0.1) is 0 Å². The zero-order valence-corrected chi connectivity index (χ0v) is 12.6. The van der Waals surface area contributed by atoms with Gasteiger partial charge in [0.2, 0.25) is 0 Å². The third kappa shape index (κ3) is 3.19. The minimum Gasteiger partial charge on any atom is -0.328 e. The van der Waals surface area contributed by atoms with E-state index in [1.54, 1.807) is 0 Å². The molecular weight excluding hydrogens is 284 g/mol. The number of urea groups is 1. The lowest BCUT2D eigenvalue weighted by atomic mass is 10.1. The number of aryl methyl sites for hydroxylation is 1. The van der Waals surface area contributed by atoms with Gasteiger partial charge in [0.05, 0.1) is 5.54 Å². The molecule has 2 N–H and O–H groups in total. The van der Waals surface area contributed by atoms with Crippen LogP contribution in [0.3, 0.4) is 0 Å². The lowest BCUT2D eigenvalue weighted by molar-refractivity contribution is 0.247. The summed E-state index contributed by atoms with van der Waals surface area (Å²) in [7, 11) is 0. The summed E-state index contributed by atoms with van der Waals surface area (Å²) in [4.78, 5) is 12.2. The van der Waals surface area contributed by atoms with Crippen LogP contribution in [-0.2, 0) is 5.54 Å². The average Bonchev–Trinajstić information content (AvgIpc) is 3.20. The highest BCUT2D eigenvalue weighted by Gasteiger charge is 2.45. The van der Waals surface area contributed by atoms with E-state index in [1.165, 1.54) is 0 Å². The number of rotatable bonds is 3. The third-order valence-electron chi connectivity index (χ3n) is 3.78. The van der Waals surface area contributed by atoms with Crippen molar-refractivity contribution in [3.8, 4) is 0 Å². The highest BCUT2D eigenvalue weighted by molar-refractivity contribution is 6.30. The first-order valence-electron chi connectivity index (χ1n) is 6.99. The molecule has 1 aliphatic rings. The number of carbonyl (C=O) groups excluding carboxylic acids is 1. The van der Waals surface area contributed by atoms with Crippen molar-refractivity contribution in [3.05, 3.63) is 64.7 Å². The molecular formula is C17H17ClN2O. The number of hydrogen-bond donors (Lipinski definition) is 2. The third-order valence-corrected chi connectivity index (χ3v) is 4.03. The van der Waals surface area contributed by atoms with Crippen molar-refractivity contribution in [1.29, 1.82) is 0 Å². The van der Waals surface area contributed by atoms with E-state index < -0.39 is 0 Å². The second-order valence-corrected chi connectivity index (χ2v) is 5.97. The van der Waals surface area contributed by atoms with E-state index in [0.717, 1.165) is 29.7 Å². The van der Waals surface area contributed by atoms with Crippen LogP contribution in [0.4, 0.5) is 10.5 Å². The zero-order valence-electron chi connectivity index (χ0n) is 11.8. The van der Waals surface area contributed by atoms with Crippen molar-refractivity contribution < 1.29 is 4.79 Å². The Balaban J connectivity index is 1.68. The van der Waals surface area contributed by atoms with Crippen LogP contribution in [0.5, 0.6) is 0 Å². The Morgan fingerprint density at radius 3 is 2.48 bits per heavy atom. The lowest BCUT2D eigenvalue weighted by Crippen LogP contribution is -2.38. The Labute approximate surface area is 129 Å². The van der Waals surface area contributed by atoms with Crippen molar-refractivity contribution >= 4 is 23.3 Å². The van der Waals surface area contributed by atoms with E-state index in [2.05, 4.69) is 10.6 Å². The molecule has 0 saturated heterocycles. The Bertz CT molecular complexity index is 663. The predicted octanol–water partition coefficient (Wildman–Crippen LogP) is 4.46. The first-order chi connectivity index (χ1) is 10.1. The van der Waals surface area contributed by atoms with Gasteiger partial charge in [-0.05, 0) is 55.2 Å². The zero-order chi connectivity index (χ0) is 14.9. The summed E-state index contributed by atoms with van der Waals surface area (Å²) < 4.78 is 0. The number of carbonyl (C=O) groups is 1. The number of hydrogen-bond acceptors (Lipinski definition) is 1. The van der Waals surface area contributed by atoms with Gasteiger partial charge in [0.15, 0.2) is 0 Å². The van der Waals surface area contributed by atoms with Crippen LogP contribution in [0.25, 0.3) is 0 Å². The Morgan fingerprint density at radius 1 is 1.14 bits per heavy atom. The van der Waals surface area contributed by atoms with E-state index in [-0.39, 0.29) is 11.6 Å². The van der Waals surface area contributed by atoms with Gasteiger partial charge in [-0.25, -0.2) is 4.79 Å². The number of anilines is 1. The Kier molecular flexibility index (Phi) is 3.60. The summed E-state index contributed by atoms with van der Waals surface area (Å²) >= 11 is 5.91. The topological polar surface area (TPSA) is 41.1 Å². The summed E-state index contributed by atoms with van der Waals surface area (Å²) in [6.07, 6.45) is 1.91. The molecule has 2 amide bonds. The molecule has 3 rings (SSSR count). The molecule has 0 radical (unpaired) electrons. The molecule has 0 heterocycles. The molecule has 21 heavy (non-hydrogen) atoms. The molecule has 0 aliphatic heterocycles. The fourth-order valence-electron chi connectivity index (χ4n) is 2.48. The molecule has 4 heteroatoms. The average molecular weight is 301 g/mol. The highest BCUT2D eigenvalue weighted by Crippen LogP contribution is 2.45. The maximum atomic E-state index is 12.2. The van der Waals surface area contributed by atoms with Crippen LogP contribution in [0.1, 0.15) is 24.0 Å². The van der Waals surface area contributed by atoms with Crippen molar-refractivity contribution in [2.45, 2.75) is 25.3 Å². The lowest BCUT2D eigenvalue weighted by Gasteiger charge is -2.18. The van der Waals surface area contributed by atoms with E-state index in [0.29, 0.717) is 5.02 Å². The monoisotopic (exact) mass is 300 g/mol. The van der Waals surface area contributed by atoms with Gasteiger partial charge >= 0.3 is 6.03 Å². The van der Waals surface area contributed by atoms with Crippen LogP contribution in [-0.4, -0.2) is 6.03 Å². The van der Waals surface area contributed by atoms with Crippen molar-refractivity contribution in [3.63, 3.8) is 0 Å². The van der Waals surface area contributed by atoms with Gasteiger partial charge in [-0.1, -0.05) is 35.9 Å². The minimum absolute atomic E-state index is 0.173. The molecule has 2 aromatic carbocycles. The van der Waals surface area contributed by atoms with Crippen LogP contribution in [0.15, 0.2) is 48.5 Å². The van der Waals surface area contributed by atoms with Crippen molar-refractivity contribution in [2.75, 3.05) is 5.32 Å². The maximum absolute atomic E-state index is 12.2. The van der Waals surface area contributed by atoms with Crippen molar-refractivity contribution in [1.82, 2.24) is 5.32 Å². The molecule has 0 atom stereocenters. The van der Waals surface area contributed by atoms with Gasteiger partial charge < -0.3 is 10.6 Å². The van der Waals surface area contributed by atoms with Gasteiger partial charge in [-0.2, -0.15) is 0 Å². The number of amides is 2. The fourth-order valence-corrected chi connectivity index (χ4v) is 2.61. The summed E-state index contributed by atoms with van der Waals surface area (Å²) in [5, 5.41) is 6.67. The van der Waals surface area contributed by atoms with E-state index in [1.807, 2.05) is 55.5 Å². The molecule has 1 fully saturated rings. The molecule has 1 aliphatic carbocycles. The SMILES string of the molecule is Cc1cccc(NC(=O)NC2(c3ccc(Cl)cc3)CC2)c1.